The molecule has 1 saturated heterocycles. The van der Waals surface area contributed by atoms with Gasteiger partial charge in [0.15, 0.2) is 0 Å². The van der Waals surface area contributed by atoms with Crippen molar-refractivity contribution in [2.24, 2.45) is 0 Å². The van der Waals surface area contributed by atoms with Gasteiger partial charge in [0.05, 0.1) is 29.4 Å². The average Bonchev–Trinajstić information content (AvgIpc) is 2.45. The first-order valence-electron chi connectivity index (χ1n) is 6.63. The summed E-state index contributed by atoms with van der Waals surface area (Å²) in [5, 5.41) is 8.98. The molecule has 1 heterocycles. The van der Waals surface area contributed by atoms with Gasteiger partial charge in [0.2, 0.25) is 10.0 Å². The van der Waals surface area contributed by atoms with Gasteiger partial charge < -0.3 is 9.84 Å². The minimum absolute atomic E-state index is 0.0229. The second kappa shape index (κ2) is 7.26. The summed E-state index contributed by atoms with van der Waals surface area (Å²) >= 11 is 12.0. The third kappa shape index (κ3) is 3.88. The van der Waals surface area contributed by atoms with E-state index in [9.17, 15) is 8.42 Å². The van der Waals surface area contributed by atoms with Gasteiger partial charge >= 0.3 is 0 Å². The first kappa shape index (κ1) is 17.0. The van der Waals surface area contributed by atoms with Crippen molar-refractivity contribution in [2.75, 3.05) is 26.3 Å². The van der Waals surface area contributed by atoms with Gasteiger partial charge in [0.1, 0.15) is 4.90 Å². The Hall–Kier alpha value is -0.370. The highest BCUT2D eigenvalue weighted by Crippen LogP contribution is 2.32. The molecule has 1 aliphatic heterocycles. The van der Waals surface area contributed by atoms with Crippen LogP contribution in [0.15, 0.2) is 23.1 Å². The molecule has 1 aromatic rings. The van der Waals surface area contributed by atoms with Gasteiger partial charge in [-0.2, -0.15) is 4.31 Å². The fourth-order valence-corrected chi connectivity index (χ4v) is 4.88. The molecule has 5 nitrogen and oxygen atoms in total. The lowest BCUT2D eigenvalue weighted by Gasteiger charge is -2.31. The quantitative estimate of drug-likeness (QED) is 0.880. The number of rotatable bonds is 5. The molecule has 8 heteroatoms. The van der Waals surface area contributed by atoms with E-state index in [0.717, 1.165) is 0 Å². The molecule has 0 spiro atoms. The van der Waals surface area contributed by atoms with E-state index in [1.807, 2.05) is 0 Å². The van der Waals surface area contributed by atoms with Crippen LogP contribution in [0.5, 0.6) is 0 Å². The van der Waals surface area contributed by atoms with Crippen molar-refractivity contribution in [1.82, 2.24) is 4.31 Å². The largest absolute Gasteiger partial charge is 0.394 e. The van der Waals surface area contributed by atoms with Crippen LogP contribution in [0.3, 0.4) is 0 Å². The summed E-state index contributed by atoms with van der Waals surface area (Å²) < 4.78 is 32.0. The lowest BCUT2D eigenvalue weighted by Crippen LogP contribution is -2.41. The molecule has 21 heavy (non-hydrogen) atoms. The molecule has 0 unspecified atom stereocenters. The van der Waals surface area contributed by atoms with E-state index in [2.05, 4.69) is 0 Å². The molecule has 0 aliphatic carbocycles. The molecule has 0 bridgehead atoms. The number of aliphatic hydroxyl groups excluding tert-OH is 1. The summed E-state index contributed by atoms with van der Waals surface area (Å²) in [5.41, 5.74) is 0. The number of hydrogen-bond donors (Lipinski definition) is 1. The number of aliphatic hydroxyl groups is 1. The Morgan fingerprint density at radius 1 is 1.24 bits per heavy atom. The van der Waals surface area contributed by atoms with Crippen LogP contribution in [-0.4, -0.2) is 50.2 Å². The van der Waals surface area contributed by atoms with Crippen LogP contribution < -0.4 is 0 Å². The van der Waals surface area contributed by atoms with Gasteiger partial charge in [-0.1, -0.05) is 29.3 Å². The molecule has 0 aromatic heterocycles. The standard InChI is InChI=1S/C13H17Cl2NO4S/c14-11-2-1-3-12(15)13(11)21(18,19)16-6-4-10(5-7-16)20-9-8-17/h1-3,10,17H,4-9H2. The molecule has 1 aliphatic rings. The van der Waals surface area contributed by atoms with Crippen LogP contribution in [0.2, 0.25) is 10.0 Å². The predicted octanol–water partition coefficient (Wildman–Crippen LogP) is 2.16. The topological polar surface area (TPSA) is 66.8 Å². The smallest absolute Gasteiger partial charge is 0.246 e. The number of ether oxygens (including phenoxy) is 1. The highest BCUT2D eigenvalue weighted by Gasteiger charge is 2.32. The maximum atomic E-state index is 12.6. The third-order valence-corrected chi connectivity index (χ3v) is 6.22. The van der Waals surface area contributed by atoms with Crippen LogP contribution >= 0.6 is 23.2 Å². The second-order valence-corrected chi connectivity index (χ2v) is 7.44. The van der Waals surface area contributed by atoms with E-state index >= 15 is 0 Å². The lowest BCUT2D eigenvalue weighted by molar-refractivity contribution is 0.00319. The van der Waals surface area contributed by atoms with Gasteiger partial charge in [0.25, 0.3) is 0 Å². The van der Waals surface area contributed by atoms with Crippen LogP contribution in [-0.2, 0) is 14.8 Å². The summed E-state index contributed by atoms with van der Waals surface area (Å²) in [5.74, 6) is 0. The molecule has 0 radical (unpaired) electrons. The zero-order valence-electron chi connectivity index (χ0n) is 11.3. The summed E-state index contributed by atoms with van der Waals surface area (Å²) in [6.07, 6.45) is 1.15. The van der Waals surface area contributed by atoms with Gasteiger partial charge in [-0.15, -0.1) is 0 Å². The normalized spacial score (nSPS) is 18.0. The summed E-state index contributed by atoms with van der Waals surface area (Å²) in [4.78, 5) is -0.0388. The Morgan fingerprint density at radius 2 is 1.81 bits per heavy atom. The Balaban J connectivity index is 2.12. The van der Waals surface area contributed by atoms with Crippen LogP contribution in [0.25, 0.3) is 0 Å². The maximum Gasteiger partial charge on any atom is 0.246 e. The monoisotopic (exact) mass is 353 g/mol. The van der Waals surface area contributed by atoms with Crippen molar-refractivity contribution in [3.05, 3.63) is 28.2 Å². The highest BCUT2D eigenvalue weighted by molar-refractivity contribution is 7.89. The van der Waals surface area contributed by atoms with Gasteiger partial charge in [-0.3, -0.25) is 0 Å². The lowest BCUT2D eigenvalue weighted by atomic mass is 10.1. The van der Waals surface area contributed by atoms with Crippen molar-refractivity contribution in [3.63, 3.8) is 0 Å². The molecule has 2 rings (SSSR count). The molecule has 1 fully saturated rings. The van der Waals surface area contributed by atoms with Gasteiger partial charge in [-0.25, -0.2) is 8.42 Å². The molecular weight excluding hydrogens is 337 g/mol. The van der Waals surface area contributed by atoms with Crippen molar-refractivity contribution in [1.29, 1.82) is 0 Å². The van der Waals surface area contributed by atoms with Crippen molar-refractivity contribution >= 4 is 33.2 Å². The molecule has 1 N–H and O–H groups in total. The summed E-state index contributed by atoms with van der Waals surface area (Å²) in [6, 6.07) is 4.63. The van der Waals surface area contributed by atoms with Crippen LogP contribution in [0.1, 0.15) is 12.8 Å². The molecular formula is C13H17Cl2NO4S. The first-order chi connectivity index (χ1) is 9.96. The number of halogens is 2. The van der Waals surface area contributed by atoms with E-state index in [-0.39, 0.29) is 34.3 Å². The van der Waals surface area contributed by atoms with E-state index in [4.69, 9.17) is 33.0 Å². The maximum absolute atomic E-state index is 12.6. The Labute approximate surface area is 134 Å². The fraction of sp³-hybridized carbons (Fsp3) is 0.538. The Morgan fingerprint density at radius 3 is 2.33 bits per heavy atom. The predicted molar refractivity (Wildman–Crippen MR) is 81.3 cm³/mol. The molecule has 1 aromatic carbocycles. The molecule has 0 atom stereocenters. The summed E-state index contributed by atoms with van der Waals surface area (Å²) in [7, 11) is -3.70. The SMILES string of the molecule is O=S(=O)(c1c(Cl)cccc1Cl)N1CCC(OCCO)CC1. The van der Waals surface area contributed by atoms with E-state index in [1.54, 1.807) is 6.07 Å². The minimum Gasteiger partial charge on any atom is -0.394 e. The second-order valence-electron chi connectivity index (χ2n) is 4.75. The number of hydrogen-bond acceptors (Lipinski definition) is 4. The number of nitrogens with zero attached hydrogens (tertiary/aromatic N) is 1. The summed E-state index contributed by atoms with van der Waals surface area (Å²) in [6.45, 7) is 0.932. The zero-order chi connectivity index (χ0) is 15.5. The number of piperidine rings is 1. The Kier molecular flexibility index (Phi) is 5.88. The Bertz CT molecular complexity index is 566. The number of sulfonamides is 1. The highest BCUT2D eigenvalue weighted by atomic mass is 35.5. The average molecular weight is 354 g/mol. The minimum atomic E-state index is -3.70. The van der Waals surface area contributed by atoms with Crippen LogP contribution in [0.4, 0.5) is 0 Å². The van der Waals surface area contributed by atoms with Gasteiger partial charge in [0, 0.05) is 13.1 Å². The number of benzene rings is 1. The van der Waals surface area contributed by atoms with Crippen molar-refractivity contribution in [2.45, 2.75) is 23.8 Å². The van der Waals surface area contributed by atoms with E-state index in [1.165, 1.54) is 16.4 Å². The third-order valence-electron chi connectivity index (χ3n) is 3.36. The van der Waals surface area contributed by atoms with E-state index < -0.39 is 10.0 Å². The molecule has 0 saturated carbocycles. The van der Waals surface area contributed by atoms with E-state index in [0.29, 0.717) is 25.9 Å². The van der Waals surface area contributed by atoms with Crippen molar-refractivity contribution < 1.29 is 18.3 Å². The molecule has 118 valence electrons. The first-order valence-corrected chi connectivity index (χ1v) is 8.83. The zero-order valence-corrected chi connectivity index (χ0v) is 13.7. The van der Waals surface area contributed by atoms with Gasteiger partial charge in [-0.05, 0) is 25.0 Å². The molecule has 0 amide bonds. The fourth-order valence-electron chi connectivity index (χ4n) is 2.32. The van der Waals surface area contributed by atoms with Crippen LogP contribution in [0, 0.1) is 0 Å². The van der Waals surface area contributed by atoms with Crippen molar-refractivity contribution in [3.8, 4) is 0 Å².